The fourth-order valence-electron chi connectivity index (χ4n) is 4.17. The van der Waals surface area contributed by atoms with Gasteiger partial charge in [-0.15, -0.1) is 0 Å². The first-order valence-electron chi connectivity index (χ1n) is 6.96. The molecule has 0 saturated carbocycles. The van der Waals surface area contributed by atoms with Crippen molar-refractivity contribution < 1.29 is 0 Å². The van der Waals surface area contributed by atoms with E-state index in [9.17, 15) is 0 Å². The van der Waals surface area contributed by atoms with Crippen LogP contribution in [0.4, 0.5) is 0 Å². The lowest BCUT2D eigenvalue weighted by Crippen LogP contribution is -2.48. The summed E-state index contributed by atoms with van der Waals surface area (Å²) in [4.78, 5) is 5.42. The zero-order valence-corrected chi connectivity index (χ0v) is 10.4. The fraction of sp³-hybridized carbons (Fsp3) is 1.00. The van der Waals surface area contributed by atoms with Crippen LogP contribution in [0, 0.1) is 11.8 Å². The molecule has 0 aliphatic carbocycles. The van der Waals surface area contributed by atoms with E-state index in [4.69, 9.17) is 5.73 Å². The summed E-state index contributed by atoms with van der Waals surface area (Å²) in [5.74, 6) is 1.71. The van der Waals surface area contributed by atoms with Crippen LogP contribution in [-0.4, -0.2) is 54.6 Å². The van der Waals surface area contributed by atoms with Crippen molar-refractivity contribution in [3.05, 3.63) is 0 Å². The molecule has 3 rings (SSSR count). The minimum Gasteiger partial charge on any atom is -0.330 e. The molecule has 5 unspecified atom stereocenters. The van der Waals surface area contributed by atoms with Crippen molar-refractivity contribution in [2.24, 2.45) is 17.6 Å². The van der Waals surface area contributed by atoms with Crippen molar-refractivity contribution in [2.45, 2.75) is 38.3 Å². The van der Waals surface area contributed by atoms with Crippen LogP contribution >= 0.6 is 0 Å². The Bertz CT molecular complexity index is 256. The van der Waals surface area contributed by atoms with E-state index in [1.54, 1.807) is 0 Å². The SMILES string of the molecule is CC1CC(CN)CN1C1CCN2CCC1C2. The van der Waals surface area contributed by atoms with Gasteiger partial charge in [-0.05, 0) is 57.7 Å². The molecule has 92 valence electrons. The van der Waals surface area contributed by atoms with Crippen LogP contribution < -0.4 is 5.73 Å². The third kappa shape index (κ3) is 1.79. The van der Waals surface area contributed by atoms with Crippen molar-refractivity contribution in [2.75, 3.05) is 32.7 Å². The smallest absolute Gasteiger partial charge is 0.0151 e. The van der Waals surface area contributed by atoms with Crippen LogP contribution in [0.1, 0.15) is 26.2 Å². The largest absolute Gasteiger partial charge is 0.330 e. The minimum absolute atomic E-state index is 0.759. The van der Waals surface area contributed by atoms with Crippen LogP contribution in [0.25, 0.3) is 0 Å². The summed E-state index contributed by atoms with van der Waals surface area (Å²) in [6, 6.07) is 1.64. The predicted molar refractivity (Wildman–Crippen MR) is 66.3 cm³/mol. The van der Waals surface area contributed by atoms with Crippen molar-refractivity contribution in [1.29, 1.82) is 0 Å². The molecule has 5 atom stereocenters. The highest BCUT2D eigenvalue weighted by atomic mass is 15.3. The van der Waals surface area contributed by atoms with Gasteiger partial charge in [0.05, 0.1) is 0 Å². The molecule has 3 heteroatoms. The molecule has 0 amide bonds. The highest BCUT2D eigenvalue weighted by molar-refractivity contribution is 4.96. The van der Waals surface area contributed by atoms with Gasteiger partial charge in [0.15, 0.2) is 0 Å². The van der Waals surface area contributed by atoms with Gasteiger partial charge in [-0.1, -0.05) is 0 Å². The molecule has 16 heavy (non-hydrogen) atoms. The second kappa shape index (κ2) is 4.28. The number of fused-ring (bicyclic) bond motifs is 2. The Morgan fingerprint density at radius 3 is 2.75 bits per heavy atom. The quantitative estimate of drug-likeness (QED) is 0.750. The van der Waals surface area contributed by atoms with Crippen LogP contribution in [0.3, 0.4) is 0 Å². The van der Waals surface area contributed by atoms with Crippen molar-refractivity contribution in [3.8, 4) is 0 Å². The second-order valence-corrected chi connectivity index (χ2v) is 6.09. The van der Waals surface area contributed by atoms with Gasteiger partial charge in [0.25, 0.3) is 0 Å². The summed E-state index contributed by atoms with van der Waals surface area (Å²) >= 11 is 0. The Kier molecular flexibility index (Phi) is 2.94. The van der Waals surface area contributed by atoms with E-state index >= 15 is 0 Å². The van der Waals surface area contributed by atoms with Gasteiger partial charge in [0, 0.05) is 25.2 Å². The van der Waals surface area contributed by atoms with E-state index in [1.165, 1.54) is 45.4 Å². The lowest BCUT2D eigenvalue weighted by molar-refractivity contribution is 0.0929. The van der Waals surface area contributed by atoms with Gasteiger partial charge < -0.3 is 10.6 Å². The average molecular weight is 223 g/mol. The Balaban J connectivity index is 1.68. The Hall–Kier alpha value is -0.120. The molecule has 0 radical (unpaired) electrons. The number of hydrogen-bond donors (Lipinski definition) is 1. The van der Waals surface area contributed by atoms with Gasteiger partial charge >= 0.3 is 0 Å². The van der Waals surface area contributed by atoms with E-state index in [0.717, 1.165) is 30.5 Å². The van der Waals surface area contributed by atoms with Crippen LogP contribution in [0.15, 0.2) is 0 Å². The highest BCUT2D eigenvalue weighted by Crippen LogP contribution is 2.35. The molecule has 3 saturated heterocycles. The lowest BCUT2D eigenvalue weighted by Gasteiger charge is -2.39. The molecule has 2 N–H and O–H groups in total. The monoisotopic (exact) mass is 223 g/mol. The molecule has 2 bridgehead atoms. The normalized spacial score (nSPS) is 48.8. The molecule has 3 heterocycles. The van der Waals surface area contributed by atoms with E-state index in [2.05, 4.69) is 16.7 Å². The molecule has 3 aliphatic heterocycles. The zero-order valence-electron chi connectivity index (χ0n) is 10.4. The van der Waals surface area contributed by atoms with Crippen LogP contribution in [0.2, 0.25) is 0 Å². The molecule has 0 aromatic rings. The van der Waals surface area contributed by atoms with E-state index in [1.807, 2.05) is 0 Å². The third-order valence-electron chi connectivity index (χ3n) is 5.06. The van der Waals surface area contributed by atoms with Crippen molar-refractivity contribution >= 4 is 0 Å². The number of hydrogen-bond acceptors (Lipinski definition) is 3. The maximum absolute atomic E-state index is 5.83. The summed E-state index contributed by atoms with van der Waals surface area (Å²) in [5.41, 5.74) is 5.83. The minimum atomic E-state index is 0.759. The van der Waals surface area contributed by atoms with E-state index < -0.39 is 0 Å². The molecular formula is C13H25N3. The maximum atomic E-state index is 5.83. The van der Waals surface area contributed by atoms with Crippen LogP contribution in [0.5, 0.6) is 0 Å². The Labute approximate surface area is 99.0 Å². The molecular weight excluding hydrogens is 198 g/mol. The number of nitrogens with two attached hydrogens (primary N) is 1. The Morgan fingerprint density at radius 1 is 1.19 bits per heavy atom. The number of likely N-dealkylation sites (tertiary alicyclic amines) is 1. The van der Waals surface area contributed by atoms with Crippen molar-refractivity contribution in [1.82, 2.24) is 9.80 Å². The first-order valence-corrected chi connectivity index (χ1v) is 6.96. The highest BCUT2D eigenvalue weighted by Gasteiger charge is 2.41. The molecule has 3 fully saturated rings. The first-order chi connectivity index (χ1) is 7.78. The second-order valence-electron chi connectivity index (χ2n) is 6.09. The summed E-state index contributed by atoms with van der Waals surface area (Å²) in [6.45, 7) is 8.59. The van der Waals surface area contributed by atoms with Gasteiger partial charge in [-0.2, -0.15) is 0 Å². The van der Waals surface area contributed by atoms with E-state index in [-0.39, 0.29) is 0 Å². The summed E-state index contributed by atoms with van der Waals surface area (Å²) in [5, 5.41) is 0. The standard InChI is InChI=1S/C13H25N3/c1-10-6-11(7-14)8-16(10)13-3-5-15-4-2-12(13)9-15/h10-13H,2-9,14H2,1H3. The summed E-state index contributed by atoms with van der Waals surface area (Å²) in [6.07, 6.45) is 4.15. The van der Waals surface area contributed by atoms with Crippen molar-refractivity contribution in [3.63, 3.8) is 0 Å². The molecule has 3 nitrogen and oxygen atoms in total. The number of rotatable bonds is 2. The topological polar surface area (TPSA) is 32.5 Å². The van der Waals surface area contributed by atoms with Crippen LogP contribution in [-0.2, 0) is 0 Å². The third-order valence-corrected chi connectivity index (χ3v) is 5.06. The summed E-state index contributed by atoms with van der Waals surface area (Å²) < 4.78 is 0. The van der Waals surface area contributed by atoms with E-state index in [0.29, 0.717) is 0 Å². The first kappa shape index (κ1) is 11.0. The van der Waals surface area contributed by atoms with Gasteiger partial charge in [-0.25, -0.2) is 0 Å². The molecule has 3 aliphatic rings. The fourth-order valence-corrected chi connectivity index (χ4v) is 4.17. The van der Waals surface area contributed by atoms with Gasteiger partial charge in [0.1, 0.15) is 0 Å². The average Bonchev–Trinajstić information content (AvgIpc) is 2.85. The molecule has 0 aromatic heterocycles. The number of piperidine rings is 1. The molecule has 0 aromatic carbocycles. The predicted octanol–water partition coefficient (Wildman–Crippen LogP) is 0.750. The lowest BCUT2D eigenvalue weighted by atomic mass is 9.92. The summed E-state index contributed by atoms with van der Waals surface area (Å²) in [7, 11) is 0. The molecule has 0 spiro atoms. The zero-order chi connectivity index (χ0) is 11.1. The number of nitrogens with zero attached hydrogens (tertiary/aromatic N) is 2. The van der Waals surface area contributed by atoms with Gasteiger partial charge in [0.2, 0.25) is 0 Å². The van der Waals surface area contributed by atoms with Gasteiger partial charge in [-0.3, -0.25) is 4.90 Å². The Morgan fingerprint density at radius 2 is 2.00 bits per heavy atom. The maximum Gasteiger partial charge on any atom is 0.0151 e.